The van der Waals surface area contributed by atoms with Crippen molar-refractivity contribution in [2.24, 2.45) is 0 Å². The van der Waals surface area contributed by atoms with E-state index in [2.05, 4.69) is 266 Å². The van der Waals surface area contributed by atoms with Crippen LogP contribution in [0.5, 0.6) is 0 Å². The fourth-order valence-electron chi connectivity index (χ4n) is 10.3. The second-order valence-electron chi connectivity index (χ2n) is 17.8. The zero-order chi connectivity index (χ0) is 43.5. The van der Waals surface area contributed by atoms with E-state index >= 15 is 0 Å². The van der Waals surface area contributed by atoms with E-state index < -0.39 is 0 Å². The van der Waals surface area contributed by atoms with Crippen molar-refractivity contribution in [1.29, 1.82) is 0 Å². The fraction of sp³-hybridized carbons (Fsp3) is 0.0476. The Morgan fingerprint density at radius 2 is 0.738 bits per heavy atom. The number of para-hydroxylation sites is 1. The number of benzene rings is 10. The first kappa shape index (κ1) is 38.5. The minimum atomic E-state index is -0.0974. The predicted molar refractivity (Wildman–Crippen MR) is 275 cm³/mol. The van der Waals surface area contributed by atoms with Crippen molar-refractivity contribution in [3.8, 4) is 61.3 Å². The Labute approximate surface area is 381 Å². The first-order valence-corrected chi connectivity index (χ1v) is 22.6. The van der Waals surface area contributed by atoms with Gasteiger partial charge in [-0.2, -0.15) is 0 Å². The number of hydrogen-bond donors (Lipinski definition) is 0. The van der Waals surface area contributed by atoms with Crippen LogP contribution in [0.25, 0.3) is 83.1 Å². The maximum absolute atomic E-state index is 2.44. The molecule has 65 heavy (non-hydrogen) atoms. The molecule has 0 radical (unpaired) electrons. The minimum absolute atomic E-state index is 0.0974. The van der Waals surface area contributed by atoms with Crippen molar-refractivity contribution in [2.45, 2.75) is 19.3 Å². The average Bonchev–Trinajstić information content (AvgIpc) is 3.82. The van der Waals surface area contributed by atoms with E-state index in [1.165, 1.54) is 88.6 Å². The summed E-state index contributed by atoms with van der Waals surface area (Å²) in [6, 6.07) is 88.8. The second-order valence-corrected chi connectivity index (χ2v) is 17.8. The summed E-state index contributed by atoms with van der Waals surface area (Å²) in [7, 11) is 0. The van der Waals surface area contributed by atoms with Gasteiger partial charge in [-0.25, -0.2) is 0 Å². The molecule has 11 aromatic rings. The smallest absolute Gasteiger partial charge is 0.0541 e. The first-order valence-electron chi connectivity index (χ1n) is 22.6. The maximum atomic E-state index is 2.44. The van der Waals surface area contributed by atoms with Crippen molar-refractivity contribution >= 4 is 38.9 Å². The van der Waals surface area contributed by atoms with Crippen LogP contribution in [0.1, 0.15) is 25.0 Å². The van der Waals surface area contributed by atoms with Crippen molar-refractivity contribution in [2.75, 3.05) is 4.90 Å². The van der Waals surface area contributed by atoms with Crippen LogP contribution in [0.4, 0.5) is 17.1 Å². The van der Waals surface area contributed by atoms with Gasteiger partial charge < -0.3 is 9.47 Å². The van der Waals surface area contributed by atoms with Gasteiger partial charge in [-0.1, -0.05) is 172 Å². The topological polar surface area (TPSA) is 8.17 Å². The number of anilines is 3. The molecule has 1 aliphatic carbocycles. The van der Waals surface area contributed by atoms with Gasteiger partial charge in [0.05, 0.1) is 11.0 Å². The van der Waals surface area contributed by atoms with Crippen LogP contribution in [0.3, 0.4) is 0 Å². The van der Waals surface area contributed by atoms with Crippen LogP contribution in [0, 0.1) is 0 Å². The van der Waals surface area contributed by atoms with Crippen LogP contribution >= 0.6 is 0 Å². The quantitative estimate of drug-likeness (QED) is 0.148. The monoisotopic (exact) mass is 830 g/mol. The van der Waals surface area contributed by atoms with Crippen LogP contribution in [-0.4, -0.2) is 4.57 Å². The molecule has 0 bridgehead atoms. The van der Waals surface area contributed by atoms with Gasteiger partial charge in [-0.3, -0.25) is 0 Å². The van der Waals surface area contributed by atoms with E-state index in [4.69, 9.17) is 0 Å². The van der Waals surface area contributed by atoms with Crippen LogP contribution < -0.4 is 4.90 Å². The maximum Gasteiger partial charge on any atom is 0.0541 e. The molecule has 0 saturated carbocycles. The lowest BCUT2D eigenvalue weighted by Crippen LogP contribution is -2.16. The third kappa shape index (κ3) is 6.65. The van der Waals surface area contributed by atoms with E-state index in [1.807, 2.05) is 0 Å². The molecule has 10 aromatic carbocycles. The number of nitrogens with zero attached hydrogens (tertiary/aromatic N) is 2. The van der Waals surface area contributed by atoms with Crippen molar-refractivity contribution in [1.82, 2.24) is 4.57 Å². The van der Waals surface area contributed by atoms with E-state index in [0.29, 0.717) is 0 Å². The molecule has 0 unspecified atom stereocenters. The summed E-state index contributed by atoms with van der Waals surface area (Å²) < 4.78 is 2.44. The molecule has 12 rings (SSSR count). The number of rotatable bonds is 8. The van der Waals surface area contributed by atoms with Gasteiger partial charge >= 0.3 is 0 Å². The van der Waals surface area contributed by atoms with Gasteiger partial charge in [0.15, 0.2) is 0 Å². The molecule has 0 saturated heterocycles. The molecule has 1 heterocycles. The molecular formula is C63H46N2. The SMILES string of the molecule is CC1(C)c2ccccc2-c2ccc(N(c3ccccc3)c3ccc(-n4c5ccc(-c6cccc(-c7ccccc7)c6)cc5c5cc(-c6cccc(-c7ccccc7)c6)ccc54)cc3)cc21. The Kier molecular flexibility index (Phi) is 9.21. The molecule has 0 N–H and O–H groups in total. The highest BCUT2D eigenvalue weighted by molar-refractivity contribution is 6.12. The number of aromatic nitrogens is 1. The Hall–Kier alpha value is -8.20. The van der Waals surface area contributed by atoms with Crippen LogP contribution in [-0.2, 0) is 5.41 Å². The summed E-state index contributed by atoms with van der Waals surface area (Å²) in [5.74, 6) is 0. The standard InChI is InChI=1S/C63H46N2/c1-63(2)59-27-13-12-26-55(59)56-35-34-54(42-60(56)63)64(51-24-10-5-11-25-51)52-30-32-53(33-31-52)65-61-36-28-49(47-22-14-20-45(38-47)43-16-6-3-7-17-43)40-57(61)58-41-50(29-37-62(58)65)48-23-15-21-46(39-48)44-18-8-4-9-19-44/h3-42H,1-2H3. The molecule has 0 amide bonds. The molecule has 308 valence electrons. The summed E-state index contributed by atoms with van der Waals surface area (Å²) >= 11 is 0. The fourth-order valence-corrected chi connectivity index (χ4v) is 10.3. The second kappa shape index (κ2) is 15.6. The third-order valence-electron chi connectivity index (χ3n) is 13.6. The highest BCUT2D eigenvalue weighted by Crippen LogP contribution is 2.51. The van der Waals surface area contributed by atoms with E-state index in [1.54, 1.807) is 0 Å². The van der Waals surface area contributed by atoms with E-state index in [0.717, 1.165) is 22.7 Å². The molecule has 0 aliphatic heterocycles. The van der Waals surface area contributed by atoms with Gasteiger partial charge in [0.25, 0.3) is 0 Å². The predicted octanol–water partition coefficient (Wildman–Crippen LogP) is 17.2. The lowest BCUT2D eigenvalue weighted by molar-refractivity contribution is 0.660. The first-order chi connectivity index (χ1) is 32.0. The Balaban J connectivity index is 0.989. The molecule has 0 fully saturated rings. The summed E-state index contributed by atoms with van der Waals surface area (Å²) in [4.78, 5) is 2.39. The molecule has 1 aliphatic rings. The summed E-state index contributed by atoms with van der Waals surface area (Å²) in [6.45, 7) is 4.70. The summed E-state index contributed by atoms with van der Waals surface area (Å²) in [5.41, 5.74) is 21.8. The van der Waals surface area contributed by atoms with E-state index in [-0.39, 0.29) is 5.41 Å². The molecule has 1 aromatic heterocycles. The third-order valence-corrected chi connectivity index (χ3v) is 13.6. The van der Waals surface area contributed by atoms with Gasteiger partial charge in [0.2, 0.25) is 0 Å². The molecule has 2 nitrogen and oxygen atoms in total. The highest BCUT2D eigenvalue weighted by Gasteiger charge is 2.35. The molecule has 0 atom stereocenters. The lowest BCUT2D eigenvalue weighted by Gasteiger charge is -2.28. The summed E-state index contributed by atoms with van der Waals surface area (Å²) in [6.07, 6.45) is 0. The highest BCUT2D eigenvalue weighted by atomic mass is 15.1. The van der Waals surface area contributed by atoms with Gasteiger partial charge in [-0.15, -0.1) is 0 Å². The van der Waals surface area contributed by atoms with Crippen molar-refractivity contribution in [3.05, 3.63) is 254 Å². The molecule has 0 spiro atoms. The Morgan fingerprint density at radius 3 is 1.31 bits per heavy atom. The lowest BCUT2D eigenvalue weighted by atomic mass is 9.82. The number of fused-ring (bicyclic) bond motifs is 6. The van der Waals surface area contributed by atoms with Gasteiger partial charge in [0, 0.05) is 38.9 Å². The molecule has 2 heteroatoms. The van der Waals surface area contributed by atoms with Gasteiger partial charge in [0.1, 0.15) is 0 Å². The Morgan fingerprint density at radius 1 is 0.308 bits per heavy atom. The molecular weight excluding hydrogens is 785 g/mol. The van der Waals surface area contributed by atoms with Gasteiger partial charge in [-0.05, 0) is 152 Å². The van der Waals surface area contributed by atoms with E-state index in [9.17, 15) is 0 Å². The average molecular weight is 831 g/mol. The van der Waals surface area contributed by atoms with Crippen LogP contribution in [0.15, 0.2) is 243 Å². The Bertz CT molecular complexity index is 3400. The minimum Gasteiger partial charge on any atom is -0.310 e. The summed E-state index contributed by atoms with van der Waals surface area (Å²) in [5, 5.41) is 2.45. The van der Waals surface area contributed by atoms with Crippen LogP contribution in [0.2, 0.25) is 0 Å². The zero-order valence-corrected chi connectivity index (χ0v) is 36.5. The van der Waals surface area contributed by atoms with Crippen molar-refractivity contribution < 1.29 is 0 Å². The number of hydrogen-bond acceptors (Lipinski definition) is 1. The normalized spacial score (nSPS) is 12.6. The zero-order valence-electron chi connectivity index (χ0n) is 36.5. The largest absolute Gasteiger partial charge is 0.310 e. The van der Waals surface area contributed by atoms with Crippen molar-refractivity contribution in [3.63, 3.8) is 0 Å².